The molecule has 0 radical (unpaired) electrons. The second kappa shape index (κ2) is 7.55. The Labute approximate surface area is 119 Å². The van der Waals surface area contributed by atoms with Crippen LogP contribution in [0.2, 0.25) is 0 Å². The Balaban J connectivity index is 1.72. The highest BCUT2D eigenvalue weighted by Crippen LogP contribution is 2.26. The lowest BCUT2D eigenvalue weighted by atomic mass is 10.2. The molecule has 0 saturated carbocycles. The Kier molecular flexibility index (Phi) is 5.43. The van der Waals surface area contributed by atoms with E-state index in [2.05, 4.69) is 10.4 Å². The van der Waals surface area contributed by atoms with E-state index in [0.717, 1.165) is 31.6 Å². The van der Waals surface area contributed by atoms with Gasteiger partial charge in [0.15, 0.2) is 11.5 Å². The van der Waals surface area contributed by atoms with Crippen molar-refractivity contribution >= 4 is 0 Å². The van der Waals surface area contributed by atoms with Crippen molar-refractivity contribution < 1.29 is 9.84 Å². The van der Waals surface area contributed by atoms with Gasteiger partial charge in [-0.15, -0.1) is 0 Å². The fourth-order valence-corrected chi connectivity index (χ4v) is 1.97. The van der Waals surface area contributed by atoms with Gasteiger partial charge < -0.3 is 15.2 Å². The zero-order valence-electron chi connectivity index (χ0n) is 11.7. The molecule has 0 aliphatic carbocycles. The molecule has 0 unspecified atom stereocenters. The SMILES string of the molecule is CCOc1cc(CNCCCn2cccn2)ccc1O. The Morgan fingerprint density at radius 1 is 1.40 bits per heavy atom. The fourth-order valence-electron chi connectivity index (χ4n) is 1.97. The molecule has 5 heteroatoms. The molecule has 20 heavy (non-hydrogen) atoms. The monoisotopic (exact) mass is 275 g/mol. The number of rotatable bonds is 8. The fraction of sp³-hybridized carbons (Fsp3) is 0.400. The molecule has 1 aromatic heterocycles. The third-order valence-electron chi connectivity index (χ3n) is 2.95. The predicted molar refractivity (Wildman–Crippen MR) is 77.8 cm³/mol. The summed E-state index contributed by atoms with van der Waals surface area (Å²) in [6.45, 7) is 5.05. The van der Waals surface area contributed by atoms with Gasteiger partial charge in [0.05, 0.1) is 6.61 Å². The maximum atomic E-state index is 9.63. The number of aromatic hydroxyl groups is 1. The summed E-state index contributed by atoms with van der Waals surface area (Å²) in [5, 5.41) is 17.2. The second-order valence-corrected chi connectivity index (χ2v) is 4.53. The Morgan fingerprint density at radius 3 is 3.05 bits per heavy atom. The van der Waals surface area contributed by atoms with Crippen LogP contribution in [0.5, 0.6) is 11.5 Å². The highest BCUT2D eigenvalue weighted by Gasteiger charge is 2.03. The molecule has 0 bridgehead atoms. The van der Waals surface area contributed by atoms with E-state index in [4.69, 9.17) is 4.74 Å². The molecule has 0 fully saturated rings. The van der Waals surface area contributed by atoms with Crippen molar-refractivity contribution in [3.05, 3.63) is 42.2 Å². The molecule has 1 heterocycles. The van der Waals surface area contributed by atoms with E-state index in [1.165, 1.54) is 0 Å². The minimum absolute atomic E-state index is 0.189. The first-order chi connectivity index (χ1) is 9.79. The highest BCUT2D eigenvalue weighted by molar-refractivity contribution is 5.41. The van der Waals surface area contributed by atoms with E-state index in [1.807, 2.05) is 36.0 Å². The van der Waals surface area contributed by atoms with Crippen LogP contribution in [0.4, 0.5) is 0 Å². The summed E-state index contributed by atoms with van der Waals surface area (Å²) < 4.78 is 7.29. The third-order valence-corrected chi connectivity index (χ3v) is 2.95. The lowest BCUT2D eigenvalue weighted by molar-refractivity contribution is 0.317. The molecule has 2 aromatic rings. The van der Waals surface area contributed by atoms with Crippen LogP contribution in [-0.2, 0) is 13.1 Å². The first-order valence-electron chi connectivity index (χ1n) is 6.92. The minimum atomic E-state index is 0.189. The summed E-state index contributed by atoms with van der Waals surface area (Å²) in [4.78, 5) is 0. The van der Waals surface area contributed by atoms with Gasteiger partial charge in [-0.3, -0.25) is 4.68 Å². The largest absolute Gasteiger partial charge is 0.504 e. The maximum absolute atomic E-state index is 9.63. The number of aryl methyl sites for hydroxylation is 1. The van der Waals surface area contributed by atoms with E-state index in [9.17, 15) is 5.11 Å². The third kappa shape index (κ3) is 4.28. The van der Waals surface area contributed by atoms with E-state index in [-0.39, 0.29) is 5.75 Å². The van der Waals surface area contributed by atoms with Crippen LogP contribution in [0.3, 0.4) is 0 Å². The highest BCUT2D eigenvalue weighted by atomic mass is 16.5. The predicted octanol–water partition coefficient (Wildman–Crippen LogP) is 2.17. The van der Waals surface area contributed by atoms with Gasteiger partial charge in [0.25, 0.3) is 0 Å². The van der Waals surface area contributed by atoms with Crippen LogP contribution >= 0.6 is 0 Å². The number of hydrogen-bond donors (Lipinski definition) is 2. The van der Waals surface area contributed by atoms with E-state index in [1.54, 1.807) is 12.3 Å². The van der Waals surface area contributed by atoms with Gasteiger partial charge in [-0.2, -0.15) is 5.10 Å². The molecule has 5 nitrogen and oxygen atoms in total. The number of phenolic OH excluding ortho intramolecular Hbond substituents is 1. The van der Waals surface area contributed by atoms with Crippen molar-refractivity contribution in [3.8, 4) is 11.5 Å². The van der Waals surface area contributed by atoms with Gasteiger partial charge in [0, 0.05) is 25.5 Å². The van der Waals surface area contributed by atoms with Crippen LogP contribution in [0.25, 0.3) is 0 Å². The first kappa shape index (κ1) is 14.4. The Bertz CT molecular complexity index is 512. The normalized spacial score (nSPS) is 10.7. The number of nitrogens with zero attached hydrogens (tertiary/aromatic N) is 2. The zero-order valence-corrected chi connectivity index (χ0v) is 11.7. The first-order valence-corrected chi connectivity index (χ1v) is 6.92. The van der Waals surface area contributed by atoms with Crippen molar-refractivity contribution in [1.29, 1.82) is 0 Å². The number of aromatic nitrogens is 2. The quantitative estimate of drug-likeness (QED) is 0.725. The Hall–Kier alpha value is -2.01. The van der Waals surface area contributed by atoms with Crippen LogP contribution in [0.15, 0.2) is 36.7 Å². The lowest BCUT2D eigenvalue weighted by Gasteiger charge is -2.09. The van der Waals surface area contributed by atoms with Gasteiger partial charge in [-0.1, -0.05) is 6.07 Å². The molecule has 0 atom stereocenters. The summed E-state index contributed by atoms with van der Waals surface area (Å²) in [7, 11) is 0. The molecule has 1 aromatic carbocycles. The van der Waals surface area contributed by atoms with Crippen LogP contribution in [0.1, 0.15) is 18.9 Å². The van der Waals surface area contributed by atoms with Gasteiger partial charge in [0.1, 0.15) is 0 Å². The van der Waals surface area contributed by atoms with Gasteiger partial charge >= 0.3 is 0 Å². The molecular weight excluding hydrogens is 254 g/mol. The summed E-state index contributed by atoms with van der Waals surface area (Å²) in [6, 6.07) is 7.38. The van der Waals surface area contributed by atoms with E-state index >= 15 is 0 Å². The summed E-state index contributed by atoms with van der Waals surface area (Å²) >= 11 is 0. The number of nitrogens with one attached hydrogen (secondary N) is 1. The molecule has 0 amide bonds. The minimum Gasteiger partial charge on any atom is -0.504 e. The van der Waals surface area contributed by atoms with Crippen LogP contribution in [-0.4, -0.2) is 28.0 Å². The summed E-state index contributed by atoms with van der Waals surface area (Å²) in [5.74, 6) is 0.734. The van der Waals surface area contributed by atoms with Crippen molar-refractivity contribution in [1.82, 2.24) is 15.1 Å². The molecule has 0 saturated heterocycles. The van der Waals surface area contributed by atoms with Gasteiger partial charge in [-0.25, -0.2) is 0 Å². The average molecular weight is 275 g/mol. The zero-order chi connectivity index (χ0) is 14.2. The standard InChI is InChI=1S/C15H21N3O2/c1-2-20-15-11-13(5-6-14(15)19)12-16-7-3-9-18-10-4-8-17-18/h4-6,8,10-11,16,19H,2-3,7,9,12H2,1H3. The van der Waals surface area contributed by atoms with Crippen LogP contribution < -0.4 is 10.1 Å². The Morgan fingerprint density at radius 2 is 2.30 bits per heavy atom. The van der Waals surface area contributed by atoms with E-state index in [0.29, 0.717) is 12.4 Å². The topological polar surface area (TPSA) is 59.3 Å². The summed E-state index contributed by atoms with van der Waals surface area (Å²) in [6.07, 6.45) is 4.78. The molecular formula is C15H21N3O2. The molecule has 108 valence electrons. The molecule has 0 aliphatic heterocycles. The number of phenols is 1. The van der Waals surface area contributed by atoms with Crippen molar-refractivity contribution in [2.24, 2.45) is 0 Å². The van der Waals surface area contributed by atoms with E-state index < -0.39 is 0 Å². The van der Waals surface area contributed by atoms with Gasteiger partial charge in [0.2, 0.25) is 0 Å². The molecule has 2 N–H and O–H groups in total. The summed E-state index contributed by atoms with van der Waals surface area (Å²) in [5.41, 5.74) is 1.10. The average Bonchev–Trinajstić information content (AvgIpc) is 2.95. The lowest BCUT2D eigenvalue weighted by Crippen LogP contribution is -2.16. The molecule has 2 rings (SSSR count). The smallest absolute Gasteiger partial charge is 0.161 e. The molecule has 0 spiro atoms. The second-order valence-electron chi connectivity index (χ2n) is 4.53. The van der Waals surface area contributed by atoms with Crippen LogP contribution in [0, 0.1) is 0 Å². The van der Waals surface area contributed by atoms with Crippen molar-refractivity contribution in [3.63, 3.8) is 0 Å². The molecule has 0 aliphatic rings. The maximum Gasteiger partial charge on any atom is 0.161 e. The van der Waals surface area contributed by atoms with Crippen molar-refractivity contribution in [2.75, 3.05) is 13.2 Å². The number of hydrogen-bond acceptors (Lipinski definition) is 4. The number of benzene rings is 1. The van der Waals surface area contributed by atoms with Gasteiger partial charge in [-0.05, 0) is 43.7 Å². The number of ether oxygens (including phenoxy) is 1. The van der Waals surface area contributed by atoms with Crippen molar-refractivity contribution in [2.45, 2.75) is 26.4 Å².